The second-order valence-electron chi connectivity index (χ2n) is 5.47. The molecule has 158 valence electrons. The molecule has 0 heterocycles. The average molecular weight is 560 g/mol. The van der Waals surface area contributed by atoms with Crippen molar-refractivity contribution in [3.05, 3.63) is 55.6 Å². The van der Waals surface area contributed by atoms with Gasteiger partial charge in [-0.3, -0.25) is 4.90 Å². The van der Waals surface area contributed by atoms with Gasteiger partial charge < -0.3 is 4.74 Å². The van der Waals surface area contributed by atoms with Gasteiger partial charge in [0, 0.05) is 13.1 Å². The van der Waals surface area contributed by atoms with E-state index in [4.69, 9.17) is 11.6 Å². The Bertz CT molecular complexity index is 961. The van der Waals surface area contributed by atoms with Gasteiger partial charge in [-0.1, -0.05) is 11.6 Å². The molecule has 0 bridgehead atoms. The number of carbonyl (C=O) groups is 1. The van der Waals surface area contributed by atoms with E-state index in [9.17, 15) is 39.9 Å². The number of carbonyl (C=O) groups excluding carboxylic acids is 1. The van der Waals surface area contributed by atoms with Crippen LogP contribution in [0.5, 0.6) is 5.75 Å². The Morgan fingerprint density at radius 3 is 2.10 bits per heavy atom. The van der Waals surface area contributed by atoms with E-state index in [-0.39, 0.29) is 6.07 Å². The van der Waals surface area contributed by atoms with Crippen LogP contribution in [-0.4, -0.2) is 13.1 Å². The van der Waals surface area contributed by atoms with Crippen molar-refractivity contribution in [1.29, 1.82) is 0 Å². The molecule has 0 aliphatic heterocycles. The van der Waals surface area contributed by atoms with Crippen LogP contribution in [0.25, 0.3) is 0 Å². The second-order valence-corrected chi connectivity index (χ2v) is 7.04. The zero-order valence-electron chi connectivity index (χ0n) is 13.9. The molecular weight excluding hydrogens is 553 g/mol. The molecule has 2 rings (SSSR count). The highest BCUT2D eigenvalue weighted by Crippen LogP contribution is 2.43. The molecular formula is C16H7ClF8INO2. The van der Waals surface area contributed by atoms with Crippen LogP contribution in [0.3, 0.4) is 0 Å². The number of amides is 1. The molecule has 0 saturated heterocycles. The van der Waals surface area contributed by atoms with Crippen molar-refractivity contribution in [3.63, 3.8) is 0 Å². The van der Waals surface area contributed by atoms with Gasteiger partial charge in [-0.05, 0) is 40.8 Å². The van der Waals surface area contributed by atoms with E-state index in [1.807, 2.05) is 0 Å². The largest absolute Gasteiger partial charge is 0.420 e. The fraction of sp³-hybridized carbons (Fsp3) is 0.188. The minimum Gasteiger partial charge on any atom is -0.408 e. The van der Waals surface area contributed by atoms with Crippen molar-refractivity contribution < 1.29 is 44.7 Å². The van der Waals surface area contributed by atoms with Crippen LogP contribution in [0, 0.1) is 15.2 Å². The van der Waals surface area contributed by atoms with Gasteiger partial charge in [0.25, 0.3) is 0 Å². The summed E-state index contributed by atoms with van der Waals surface area (Å²) in [6.45, 7) is 0. The Balaban J connectivity index is 2.48. The molecule has 0 aliphatic rings. The van der Waals surface area contributed by atoms with Crippen molar-refractivity contribution in [2.75, 3.05) is 11.9 Å². The third-order valence-corrected chi connectivity index (χ3v) is 4.58. The molecule has 3 nitrogen and oxygen atoms in total. The zero-order chi connectivity index (χ0) is 22.3. The summed E-state index contributed by atoms with van der Waals surface area (Å²) in [5.41, 5.74) is -4.08. The molecule has 13 heteroatoms. The maximum absolute atomic E-state index is 13.9. The van der Waals surface area contributed by atoms with Gasteiger partial charge in [-0.2, -0.15) is 26.3 Å². The number of nitrogens with zero attached hydrogens (tertiary/aromatic N) is 1. The molecule has 1 amide bonds. The fourth-order valence-electron chi connectivity index (χ4n) is 2.09. The summed E-state index contributed by atoms with van der Waals surface area (Å²) >= 11 is 6.63. The van der Waals surface area contributed by atoms with Gasteiger partial charge in [0.2, 0.25) is 0 Å². The molecule has 0 saturated carbocycles. The van der Waals surface area contributed by atoms with E-state index < -0.39 is 61.2 Å². The normalized spacial score (nSPS) is 12.1. The van der Waals surface area contributed by atoms with Crippen LogP contribution in [0.15, 0.2) is 24.3 Å². The van der Waals surface area contributed by atoms with E-state index in [1.165, 1.54) is 0 Å². The topological polar surface area (TPSA) is 29.5 Å². The summed E-state index contributed by atoms with van der Waals surface area (Å²) in [5, 5.41) is -0.582. The first kappa shape index (κ1) is 23.4. The van der Waals surface area contributed by atoms with Crippen LogP contribution < -0.4 is 9.64 Å². The standard InChI is InChI=1S/C16H7ClF8INO2/c1-27(12-4-8(17)9(18)5-10(12)19)14(28)29-13-7(16(23,24)25)2-6(3-11(13)26)15(20,21)22/h2-5H,1H3. The monoisotopic (exact) mass is 559 g/mol. The number of hydrogen-bond donors (Lipinski definition) is 0. The molecule has 0 radical (unpaired) electrons. The van der Waals surface area contributed by atoms with Gasteiger partial charge in [0.1, 0.15) is 17.2 Å². The summed E-state index contributed by atoms with van der Waals surface area (Å²) in [6, 6.07) is 1.17. The van der Waals surface area contributed by atoms with Gasteiger partial charge >= 0.3 is 18.4 Å². The first-order chi connectivity index (χ1) is 13.1. The van der Waals surface area contributed by atoms with Gasteiger partial charge in [-0.15, -0.1) is 0 Å². The average Bonchev–Trinajstić information content (AvgIpc) is 2.57. The van der Waals surface area contributed by atoms with E-state index in [0.717, 1.165) is 29.6 Å². The van der Waals surface area contributed by atoms with E-state index in [1.54, 1.807) is 0 Å². The number of rotatable bonds is 2. The highest BCUT2D eigenvalue weighted by Gasteiger charge is 2.41. The highest BCUT2D eigenvalue weighted by molar-refractivity contribution is 14.1. The van der Waals surface area contributed by atoms with Gasteiger partial charge in [-0.25, -0.2) is 13.6 Å². The van der Waals surface area contributed by atoms with Gasteiger partial charge in [0.15, 0.2) is 5.75 Å². The minimum absolute atomic E-state index is 0.208. The predicted octanol–water partition coefficient (Wildman–Crippen LogP) is 6.90. The summed E-state index contributed by atoms with van der Waals surface area (Å²) in [4.78, 5) is 12.6. The molecule has 2 aromatic rings. The quantitative estimate of drug-likeness (QED) is 0.228. The van der Waals surface area contributed by atoms with Crippen LogP contribution in [0.4, 0.5) is 45.6 Å². The van der Waals surface area contributed by atoms with Gasteiger partial charge in [0.05, 0.1) is 19.8 Å². The van der Waals surface area contributed by atoms with E-state index in [0.29, 0.717) is 23.1 Å². The first-order valence-corrected chi connectivity index (χ1v) is 8.66. The molecule has 0 aliphatic carbocycles. The predicted molar refractivity (Wildman–Crippen MR) is 95.0 cm³/mol. The second kappa shape index (κ2) is 8.13. The lowest BCUT2D eigenvalue weighted by atomic mass is 10.1. The summed E-state index contributed by atoms with van der Waals surface area (Å²) in [6.07, 6.45) is -11.9. The Labute approximate surface area is 176 Å². The lowest BCUT2D eigenvalue weighted by molar-refractivity contribution is -0.143. The van der Waals surface area contributed by atoms with Crippen molar-refractivity contribution in [2.24, 2.45) is 0 Å². The molecule has 0 aromatic heterocycles. The van der Waals surface area contributed by atoms with Crippen molar-refractivity contribution >= 4 is 46.0 Å². The smallest absolute Gasteiger partial charge is 0.408 e. The molecule has 2 aromatic carbocycles. The molecule has 0 N–H and O–H groups in total. The van der Waals surface area contributed by atoms with Crippen molar-refractivity contribution in [1.82, 2.24) is 0 Å². The highest BCUT2D eigenvalue weighted by atomic mass is 127. The lowest BCUT2D eigenvalue weighted by Crippen LogP contribution is -2.31. The number of alkyl halides is 6. The van der Waals surface area contributed by atoms with Crippen LogP contribution in [0.2, 0.25) is 5.02 Å². The SMILES string of the molecule is CN(C(=O)Oc1c(I)cc(C(F)(F)F)cc1C(F)(F)F)c1cc(Cl)c(F)cc1F. The van der Waals surface area contributed by atoms with E-state index >= 15 is 0 Å². The third kappa shape index (κ3) is 5.21. The number of ether oxygens (including phenoxy) is 1. The third-order valence-electron chi connectivity index (χ3n) is 3.49. The Morgan fingerprint density at radius 2 is 1.59 bits per heavy atom. The summed E-state index contributed by atoms with van der Waals surface area (Å²) in [7, 11) is 0.888. The first-order valence-electron chi connectivity index (χ1n) is 7.21. The molecule has 0 atom stereocenters. The minimum atomic E-state index is -5.29. The van der Waals surface area contributed by atoms with E-state index in [2.05, 4.69) is 4.74 Å². The van der Waals surface area contributed by atoms with Crippen LogP contribution in [0.1, 0.15) is 11.1 Å². The maximum Gasteiger partial charge on any atom is 0.420 e. The summed E-state index contributed by atoms with van der Waals surface area (Å²) < 4.78 is 109. The van der Waals surface area contributed by atoms with Crippen molar-refractivity contribution in [3.8, 4) is 5.75 Å². The lowest BCUT2D eigenvalue weighted by Gasteiger charge is -2.21. The zero-order valence-corrected chi connectivity index (χ0v) is 16.8. The Morgan fingerprint density at radius 1 is 1.00 bits per heavy atom. The Hall–Kier alpha value is -1.83. The number of anilines is 1. The fourth-order valence-corrected chi connectivity index (χ4v) is 2.99. The van der Waals surface area contributed by atoms with Crippen LogP contribution >= 0.6 is 34.2 Å². The molecule has 0 spiro atoms. The molecule has 29 heavy (non-hydrogen) atoms. The maximum atomic E-state index is 13.9. The van der Waals surface area contributed by atoms with Crippen LogP contribution in [-0.2, 0) is 12.4 Å². The summed E-state index contributed by atoms with van der Waals surface area (Å²) in [5.74, 6) is -3.62. The molecule has 0 fully saturated rings. The number of hydrogen-bond acceptors (Lipinski definition) is 2. The number of halogens is 10. The van der Waals surface area contributed by atoms with Crippen molar-refractivity contribution in [2.45, 2.75) is 12.4 Å². The number of benzene rings is 2. The Kier molecular flexibility index (Phi) is 6.57. The molecule has 0 unspecified atom stereocenters.